The van der Waals surface area contributed by atoms with Gasteiger partial charge in [-0.25, -0.2) is 14.5 Å². The van der Waals surface area contributed by atoms with Crippen molar-refractivity contribution in [3.8, 4) is 23.2 Å². The predicted octanol–water partition coefficient (Wildman–Crippen LogP) is 1.85. The molecule has 1 aliphatic carbocycles. The summed E-state index contributed by atoms with van der Waals surface area (Å²) in [6.07, 6.45) is 7.82. The number of carbonyl (C=O) groups excluding carboxylic acids is 2. The molecule has 11 nitrogen and oxygen atoms in total. The Hall–Kier alpha value is -4.20. The first-order valence-corrected chi connectivity index (χ1v) is 11.6. The predicted molar refractivity (Wildman–Crippen MR) is 126 cm³/mol. The van der Waals surface area contributed by atoms with Crippen molar-refractivity contribution >= 4 is 23.0 Å². The van der Waals surface area contributed by atoms with Gasteiger partial charge in [0, 0.05) is 48.8 Å². The maximum absolute atomic E-state index is 12.9. The number of aromatic nitrogens is 4. The van der Waals surface area contributed by atoms with Crippen LogP contribution in [-0.2, 0) is 4.79 Å². The molecule has 2 fully saturated rings. The highest BCUT2D eigenvalue weighted by molar-refractivity contribution is 6.02. The van der Waals surface area contributed by atoms with Gasteiger partial charge in [-0.1, -0.05) is 6.92 Å². The molecule has 0 bridgehead atoms. The van der Waals surface area contributed by atoms with E-state index in [1.165, 1.54) is 6.20 Å². The molecule has 0 spiro atoms. The molecule has 2 amide bonds. The van der Waals surface area contributed by atoms with E-state index < -0.39 is 11.3 Å². The molecule has 3 aromatic heterocycles. The van der Waals surface area contributed by atoms with E-state index in [1.807, 2.05) is 26.1 Å². The highest BCUT2D eigenvalue weighted by Gasteiger charge is 2.54. The van der Waals surface area contributed by atoms with Gasteiger partial charge in [-0.3, -0.25) is 9.59 Å². The van der Waals surface area contributed by atoms with Crippen molar-refractivity contribution in [2.24, 2.45) is 17.1 Å². The third kappa shape index (κ3) is 4.01. The summed E-state index contributed by atoms with van der Waals surface area (Å²) in [5.74, 6) is -0.599. The Morgan fingerprint density at radius 2 is 2.00 bits per heavy atom. The van der Waals surface area contributed by atoms with E-state index in [4.69, 9.17) is 10.5 Å². The zero-order chi connectivity index (χ0) is 24.7. The first-order valence-electron chi connectivity index (χ1n) is 11.6. The van der Waals surface area contributed by atoms with Crippen LogP contribution in [0, 0.1) is 22.7 Å². The van der Waals surface area contributed by atoms with Crippen LogP contribution in [0.3, 0.4) is 0 Å². The van der Waals surface area contributed by atoms with E-state index in [2.05, 4.69) is 26.5 Å². The van der Waals surface area contributed by atoms with Gasteiger partial charge in [-0.2, -0.15) is 10.4 Å². The van der Waals surface area contributed by atoms with Crippen molar-refractivity contribution in [1.82, 2.24) is 24.5 Å². The van der Waals surface area contributed by atoms with Crippen molar-refractivity contribution in [3.63, 3.8) is 0 Å². The number of likely N-dealkylation sites (tertiary alicyclic amines) is 1. The van der Waals surface area contributed by atoms with Crippen molar-refractivity contribution < 1.29 is 14.3 Å². The van der Waals surface area contributed by atoms with Gasteiger partial charge in [0.15, 0.2) is 0 Å². The molecule has 35 heavy (non-hydrogen) atoms. The van der Waals surface area contributed by atoms with Gasteiger partial charge in [0.25, 0.3) is 5.91 Å². The molecule has 5 rings (SSSR count). The molecular weight excluding hydrogens is 448 g/mol. The average Bonchev–Trinajstić information content (AvgIpc) is 3.39. The van der Waals surface area contributed by atoms with Crippen LogP contribution in [0.25, 0.3) is 16.6 Å². The van der Waals surface area contributed by atoms with Crippen LogP contribution in [0.1, 0.15) is 37.0 Å². The minimum absolute atomic E-state index is 0.105. The number of nitrogens with two attached hydrogens (primary N) is 1. The van der Waals surface area contributed by atoms with Crippen LogP contribution in [-0.4, -0.2) is 62.0 Å². The van der Waals surface area contributed by atoms with Crippen LogP contribution >= 0.6 is 0 Å². The third-order valence-corrected chi connectivity index (χ3v) is 6.74. The molecule has 3 N–H and O–H groups in total. The second kappa shape index (κ2) is 8.54. The summed E-state index contributed by atoms with van der Waals surface area (Å²) in [5.41, 5.74) is 7.88. The molecule has 11 heteroatoms. The van der Waals surface area contributed by atoms with Gasteiger partial charge in [-0.05, 0) is 31.7 Å². The van der Waals surface area contributed by atoms with Crippen molar-refractivity contribution in [2.75, 3.05) is 25.0 Å². The van der Waals surface area contributed by atoms with Crippen LogP contribution in [0.2, 0.25) is 0 Å². The van der Waals surface area contributed by atoms with Gasteiger partial charge >= 0.3 is 6.01 Å². The minimum atomic E-state index is -0.854. The average molecular weight is 475 g/mol. The number of hydrogen-bond acceptors (Lipinski definition) is 8. The third-order valence-electron chi connectivity index (χ3n) is 6.74. The molecule has 4 heterocycles. The van der Waals surface area contributed by atoms with E-state index in [1.54, 1.807) is 21.8 Å². The number of ether oxygens (including phenoxy) is 1. The summed E-state index contributed by atoms with van der Waals surface area (Å²) in [4.78, 5) is 35.3. The van der Waals surface area contributed by atoms with E-state index in [0.29, 0.717) is 49.8 Å². The molecule has 0 radical (unpaired) electrons. The number of fused-ring (bicyclic) bond motifs is 1. The highest BCUT2D eigenvalue weighted by Crippen LogP contribution is 2.47. The van der Waals surface area contributed by atoms with E-state index >= 15 is 0 Å². The summed E-state index contributed by atoms with van der Waals surface area (Å²) in [5, 5.41) is 17.2. The SMILES string of the molecule is CCOc1ncc(-c2cc3c(N[C@@H]4CN(C(=O)C5(C#N)CC5)C[C@H]4C)c(C(N)=O)cnn3c2)cn1. The number of primary amides is 1. The fourth-order valence-corrected chi connectivity index (χ4v) is 4.53. The summed E-state index contributed by atoms with van der Waals surface area (Å²) >= 11 is 0. The van der Waals surface area contributed by atoms with Gasteiger partial charge in [-0.15, -0.1) is 0 Å². The van der Waals surface area contributed by atoms with Gasteiger partial charge in [0.2, 0.25) is 5.91 Å². The molecule has 1 aliphatic heterocycles. The molecule has 0 unspecified atom stereocenters. The Morgan fingerprint density at radius 1 is 1.26 bits per heavy atom. The van der Waals surface area contributed by atoms with Gasteiger partial charge < -0.3 is 20.7 Å². The van der Waals surface area contributed by atoms with E-state index in [-0.39, 0.29) is 23.4 Å². The fraction of sp³-hybridized carbons (Fsp3) is 0.417. The van der Waals surface area contributed by atoms with Crippen LogP contribution in [0.5, 0.6) is 6.01 Å². The summed E-state index contributed by atoms with van der Waals surface area (Å²) < 4.78 is 6.98. The molecule has 1 saturated carbocycles. The fourth-order valence-electron chi connectivity index (χ4n) is 4.53. The normalized spacial score (nSPS) is 20.4. The smallest absolute Gasteiger partial charge is 0.316 e. The number of nitrogens with zero attached hydrogens (tertiary/aromatic N) is 6. The lowest BCUT2D eigenvalue weighted by atomic mass is 10.1. The summed E-state index contributed by atoms with van der Waals surface area (Å²) in [6, 6.07) is 4.25. The standard InChI is InChI=1S/C24H26N8O3/c1-3-35-23-27-7-16(8-28-23)15-6-19-20(17(21(26)33)9-29-32(19)11-15)30-18-12-31(10-14(18)2)22(34)24(13-25)4-5-24/h6-9,11,14,18,30H,3-5,10,12H2,1-2H3,(H2,26,33)/t14-,18-/m1/s1. The minimum Gasteiger partial charge on any atom is -0.464 e. The number of anilines is 1. The number of amides is 2. The molecule has 180 valence electrons. The summed E-state index contributed by atoms with van der Waals surface area (Å²) in [7, 11) is 0. The number of nitrogens with one attached hydrogen (secondary N) is 1. The lowest BCUT2D eigenvalue weighted by Crippen LogP contribution is -2.36. The monoisotopic (exact) mass is 474 g/mol. The van der Waals surface area contributed by atoms with Crippen molar-refractivity contribution in [1.29, 1.82) is 5.26 Å². The lowest BCUT2D eigenvalue weighted by Gasteiger charge is -2.21. The number of nitriles is 1. The van der Waals surface area contributed by atoms with Gasteiger partial charge in [0.05, 0.1) is 35.6 Å². The summed E-state index contributed by atoms with van der Waals surface area (Å²) in [6.45, 7) is 5.37. The van der Waals surface area contributed by atoms with Crippen molar-refractivity contribution in [2.45, 2.75) is 32.7 Å². The second-order valence-electron chi connectivity index (χ2n) is 9.18. The number of rotatable bonds is 7. The van der Waals surface area contributed by atoms with E-state index in [0.717, 1.165) is 11.1 Å². The molecule has 3 aromatic rings. The Labute approximate surface area is 201 Å². The maximum atomic E-state index is 12.9. The number of hydrogen-bond donors (Lipinski definition) is 2. The molecule has 2 aliphatic rings. The Bertz CT molecular complexity index is 1340. The van der Waals surface area contributed by atoms with Gasteiger partial charge in [0.1, 0.15) is 5.41 Å². The maximum Gasteiger partial charge on any atom is 0.316 e. The molecule has 1 saturated heterocycles. The van der Waals surface area contributed by atoms with E-state index in [9.17, 15) is 14.9 Å². The first kappa shape index (κ1) is 22.6. The largest absolute Gasteiger partial charge is 0.464 e. The Balaban J connectivity index is 1.45. The second-order valence-corrected chi connectivity index (χ2v) is 9.18. The highest BCUT2D eigenvalue weighted by atomic mass is 16.5. The van der Waals surface area contributed by atoms with Crippen LogP contribution in [0.15, 0.2) is 30.9 Å². The lowest BCUT2D eigenvalue weighted by molar-refractivity contribution is -0.134. The zero-order valence-electron chi connectivity index (χ0n) is 19.6. The quantitative estimate of drug-likeness (QED) is 0.526. The molecule has 2 atom stereocenters. The zero-order valence-corrected chi connectivity index (χ0v) is 19.6. The topological polar surface area (TPSA) is 152 Å². The molecule has 0 aromatic carbocycles. The number of carbonyl (C=O) groups is 2. The van der Waals surface area contributed by atoms with Crippen molar-refractivity contribution in [3.05, 3.63) is 36.4 Å². The van der Waals surface area contributed by atoms with Crippen LogP contribution < -0.4 is 15.8 Å². The Kier molecular flexibility index (Phi) is 5.51. The first-order chi connectivity index (χ1) is 16.8. The molecular formula is C24H26N8O3. The Morgan fingerprint density at radius 3 is 2.63 bits per heavy atom. The van der Waals surface area contributed by atoms with Crippen LogP contribution in [0.4, 0.5) is 5.69 Å².